The molecule has 2 aromatic rings. The normalized spacial score (nSPS) is 18.9. The van der Waals surface area contributed by atoms with Crippen LogP contribution in [0, 0.1) is 0 Å². The minimum absolute atomic E-state index is 0.252. The van der Waals surface area contributed by atoms with Crippen LogP contribution in [0.15, 0.2) is 28.7 Å². The summed E-state index contributed by atoms with van der Waals surface area (Å²) in [5.41, 5.74) is 2.85. The highest BCUT2D eigenvalue weighted by atomic mass is 35.5. The molecular formula is C13H14ClN3O. The van der Waals surface area contributed by atoms with Crippen LogP contribution in [0.25, 0.3) is 0 Å². The summed E-state index contributed by atoms with van der Waals surface area (Å²) < 4.78 is 5.39. The third-order valence-electron chi connectivity index (χ3n) is 3.24. The van der Waals surface area contributed by atoms with Crippen LogP contribution in [0.4, 0.5) is 6.01 Å². The van der Waals surface area contributed by atoms with Gasteiger partial charge in [-0.05, 0) is 24.5 Å². The Morgan fingerprint density at radius 2 is 2.28 bits per heavy atom. The number of anilines is 1. The molecule has 1 aliphatic rings. The average Bonchev–Trinajstić information content (AvgIpc) is 2.79. The van der Waals surface area contributed by atoms with Crippen molar-refractivity contribution in [1.82, 2.24) is 10.2 Å². The van der Waals surface area contributed by atoms with Crippen molar-refractivity contribution in [3.05, 3.63) is 41.3 Å². The van der Waals surface area contributed by atoms with Gasteiger partial charge in [-0.1, -0.05) is 29.4 Å². The van der Waals surface area contributed by atoms with Crippen LogP contribution >= 0.6 is 11.6 Å². The Hall–Kier alpha value is -1.55. The van der Waals surface area contributed by atoms with Crippen molar-refractivity contribution in [2.45, 2.75) is 24.6 Å². The summed E-state index contributed by atoms with van der Waals surface area (Å²) in [5, 5.41) is 10.7. The second-order valence-corrected chi connectivity index (χ2v) is 5.20. The predicted molar refractivity (Wildman–Crippen MR) is 69.9 cm³/mol. The van der Waals surface area contributed by atoms with Gasteiger partial charge in [0.25, 0.3) is 0 Å². The maximum absolute atomic E-state index is 5.86. The van der Waals surface area contributed by atoms with Gasteiger partial charge in [0.2, 0.25) is 5.89 Å². The van der Waals surface area contributed by atoms with Crippen molar-refractivity contribution in [3.8, 4) is 0 Å². The Morgan fingerprint density at radius 1 is 1.44 bits per heavy atom. The third kappa shape index (κ3) is 2.08. The number of halogens is 1. The second kappa shape index (κ2) is 4.61. The molecule has 0 bridgehead atoms. The molecule has 94 valence electrons. The van der Waals surface area contributed by atoms with E-state index < -0.39 is 0 Å². The Bertz CT molecular complexity index is 553. The van der Waals surface area contributed by atoms with E-state index in [4.69, 9.17) is 16.0 Å². The summed E-state index contributed by atoms with van der Waals surface area (Å²) in [6.07, 6.45) is 1.11. The van der Waals surface area contributed by atoms with Gasteiger partial charge in [0.05, 0.1) is 0 Å². The van der Waals surface area contributed by atoms with Crippen molar-refractivity contribution < 1.29 is 4.42 Å². The van der Waals surface area contributed by atoms with E-state index in [0.717, 1.165) is 13.0 Å². The summed E-state index contributed by atoms with van der Waals surface area (Å²) in [4.78, 5) is 0. The van der Waals surface area contributed by atoms with E-state index in [1.54, 1.807) is 6.92 Å². The molecule has 2 unspecified atom stereocenters. The molecule has 1 aliphatic carbocycles. The highest BCUT2D eigenvalue weighted by Gasteiger charge is 2.25. The molecule has 0 aliphatic heterocycles. The van der Waals surface area contributed by atoms with Gasteiger partial charge in [0.15, 0.2) is 0 Å². The van der Waals surface area contributed by atoms with Gasteiger partial charge >= 0.3 is 6.01 Å². The summed E-state index contributed by atoms with van der Waals surface area (Å²) in [7, 11) is 0. The smallest absolute Gasteiger partial charge is 0.315 e. The third-order valence-corrected chi connectivity index (χ3v) is 3.43. The number of alkyl halides is 1. The van der Waals surface area contributed by atoms with Crippen molar-refractivity contribution in [2.24, 2.45) is 0 Å². The summed E-state index contributed by atoms with van der Waals surface area (Å²) in [6.45, 7) is 2.62. The highest BCUT2D eigenvalue weighted by molar-refractivity contribution is 6.20. The second-order valence-electron chi connectivity index (χ2n) is 4.54. The molecule has 0 saturated heterocycles. The first-order valence-corrected chi connectivity index (χ1v) is 6.47. The fourth-order valence-corrected chi connectivity index (χ4v) is 2.31. The first-order valence-electron chi connectivity index (χ1n) is 6.03. The van der Waals surface area contributed by atoms with Crippen molar-refractivity contribution in [1.29, 1.82) is 0 Å². The fourth-order valence-electron chi connectivity index (χ4n) is 2.22. The van der Waals surface area contributed by atoms with Crippen molar-refractivity contribution in [3.63, 3.8) is 0 Å². The van der Waals surface area contributed by atoms with Gasteiger partial charge in [-0.25, -0.2) is 0 Å². The molecule has 0 amide bonds. The largest absolute Gasteiger partial charge is 0.407 e. The molecule has 0 spiro atoms. The van der Waals surface area contributed by atoms with Crippen LogP contribution in [0.3, 0.4) is 0 Å². The molecule has 0 fully saturated rings. The molecule has 1 heterocycles. The zero-order chi connectivity index (χ0) is 12.5. The maximum atomic E-state index is 5.86. The summed E-state index contributed by atoms with van der Waals surface area (Å²) >= 11 is 5.86. The summed E-state index contributed by atoms with van der Waals surface area (Å²) in [6, 6.07) is 8.94. The first kappa shape index (κ1) is 11.5. The number of nitrogens with zero attached hydrogens (tertiary/aromatic N) is 2. The lowest BCUT2D eigenvalue weighted by Crippen LogP contribution is -2.24. The highest BCUT2D eigenvalue weighted by Crippen LogP contribution is 2.34. The standard InChI is InChI=1S/C13H14ClN3O/c1-8(14)12-16-17-13(18-12)15-7-10-6-9-4-2-3-5-11(9)10/h2-5,8,10H,6-7H2,1H3,(H,15,17). The number of rotatable bonds is 4. The van der Waals surface area contributed by atoms with Gasteiger partial charge in [-0.2, -0.15) is 0 Å². The lowest BCUT2D eigenvalue weighted by Gasteiger charge is -2.29. The first-order chi connectivity index (χ1) is 8.74. The van der Waals surface area contributed by atoms with E-state index in [1.807, 2.05) is 0 Å². The van der Waals surface area contributed by atoms with E-state index in [-0.39, 0.29) is 5.38 Å². The van der Waals surface area contributed by atoms with Crippen molar-refractivity contribution in [2.75, 3.05) is 11.9 Å². The number of hydrogen-bond donors (Lipinski definition) is 1. The van der Waals surface area contributed by atoms with Crippen LogP contribution in [0.2, 0.25) is 0 Å². The Morgan fingerprint density at radius 3 is 3.00 bits per heavy atom. The molecule has 1 aromatic carbocycles. The molecule has 3 rings (SSSR count). The maximum Gasteiger partial charge on any atom is 0.315 e. The van der Waals surface area contributed by atoms with E-state index in [0.29, 0.717) is 17.8 Å². The Balaban J connectivity index is 1.60. The minimum Gasteiger partial charge on any atom is -0.407 e. The molecule has 1 N–H and O–H groups in total. The summed E-state index contributed by atoms with van der Waals surface area (Å²) in [5.74, 6) is 0.984. The average molecular weight is 264 g/mol. The van der Waals surface area contributed by atoms with Gasteiger partial charge in [-0.15, -0.1) is 16.7 Å². The fraction of sp³-hybridized carbons (Fsp3) is 0.385. The number of aromatic nitrogens is 2. The van der Waals surface area contributed by atoms with Gasteiger partial charge in [-0.3, -0.25) is 0 Å². The monoisotopic (exact) mass is 263 g/mol. The zero-order valence-electron chi connectivity index (χ0n) is 10.1. The number of nitrogens with one attached hydrogen (secondary N) is 1. The SMILES string of the molecule is CC(Cl)c1nnc(NCC2Cc3ccccc32)o1. The molecule has 5 heteroatoms. The van der Waals surface area contributed by atoms with E-state index in [2.05, 4.69) is 39.8 Å². The van der Waals surface area contributed by atoms with Crippen LogP contribution in [0.5, 0.6) is 0 Å². The Kier molecular flexibility index (Phi) is 2.96. The molecule has 2 atom stereocenters. The Labute approximate surface area is 110 Å². The molecule has 1 aromatic heterocycles. The minimum atomic E-state index is -0.252. The lowest BCUT2D eigenvalue weighted by atomic mass is 9.78. The predicted octanol–water partition coefficient (Wildman–Crippen LogP) is 3.12. The molecule has 0 saturated carbocycles. The topological polar surface area (TPSA) is 51.0 Å². The van der Waals surface area contributed by atoms with Crippen LogP contribution < -0.4 is 5.32 Å². The molecular weight excluding hydrogens is 250 g/mol. The molecule has 18 heavy (non-hydrogen) atoms. The molecule has 0 radical (unpaired) electrons. The van der Waals surface area contributed by atoms with Crippen LogP contribution in [0.1, 0.15) is 35.2 Å². The number of fused-ring (bicyclic) bond motifs is 1. The zero-order valence-corrected chi connectivity index (χ0v) is 10.8. The van der Waals surface area contributed by atoms with Crippen LogP contribution in [-0.4, -0.2) is 16.7 Å². The number of hydrogen-bond acceptors (Lipinski definition) is 4. The van der Waals surface area contributed by atoms with Gasteiger partial charge in [0.1, 0.15) is 5.38 Å². The van der Waals surface area contributed by atoms with Crippen LogP contribution in [-0.2, 0) is 6.42 Å². The quantitative estimate of drug-likeness (QED) is 0.861. The van der Waals surface area contributed by atoms with E-state index in [1.165, 1.54) is 11.1 Å². The van der Waals surface area contributed by atoms with E-state index >= 15 is 0 Å². The van der Waals surface area contributed by atoms with Gasteiger partial charge < -0.3 is 9.73 Å². The van der Waals surface area contributed by atoms with Gasteiger partial charge in [0, 0.05) is 12.5 Å². The number of benzene rings is 1. The van der Waals surface area contributed by atoms with Crippen molar-refractivity contribution >= 4 is 17.6 Å². The van der Waals surface area contributed by atoms with E-state index in [9.17, 15) is 0 Å². The lowest BCUT2D eigenvalue weighted by molar-refractivity contribution is 0.501. The molecule has 4 nitrogen and oxygen atoms in total.